The zero-order valence-corrected chi connectivity index (χ0v) is 13.6. The van der Waals surface area contributed by atoms with Crippen molar-refractivity contribution in [1.82, 2.24) is 9.29 Å². The molecule has 0 aromatic carbocycles. The number of sulfonamides is 1. The number of rotatable bonds is 4. The molecule has 6 nitrogen and oxygen atoms in total. The van der Waals surface area contributed by atoms with E-state index in [9.17, 15) is 8.42 Å². The van der Waals surface area contributed by atoms with E-state index in [-0.39, 0.29) is 11.7 Å². The molecule has 2 saturated heterocycles. The maximum absolute atomic E-state index is 11.8. The molecule has 0 bridgehead atoms. The molecule has 0 saturated carbocycles. The van der Waals surface area contributed by atoms with E-state index >= 15 is 0 Å². The molecule has 2 fully saturated rings. The highest BCUT2D eigenvalue weighted by atomic mass is 32.2. The van der Waals surface area contributed by atoms with Gasteiger partial charge in [0.15, 0.2) is 0 Å². The van der Waals surface area contributed by atoms with E-state index in [2.05, 4.69) is 4.98 Å². The Labute approximate surface area is 131 Å². The zero-order valence-electron chi connectivity index (χ0n) is 12.8. The van der Waals surface area contributed by atoms with Crippen molar-refractivity contribution < 1.29 is 17.9 Å². The second-order valence-electron chi connectivity index (χ2n) is 6.19. The molecular weight excluding hydrogens is 304 g/mol. The first kappa shape index (κ1) is 15.9. The highest BCUT2D eigenvalue weighted by Gasteiger charge is 2.45. The van der Waals surface area contributed by atoms with E-state index in [0.29, 0.717) is 26.3 Å². The number of pyridine rings is 1. The Morgan fingerprint density at radius 2 is 2.23 bits per heavy atom. The largest absolute Gasteiger partial charge is 0.371 e. The Balaban J connectivity index is 1.57. The van der Waals surface area contributed by atoms with Gasteiger partial charge < -0.3 is 9.47 Å². The smallest absolute Gasteiger partial charge is 0.211 e. The lowest BCUT2D eigenvalue weighted by atomic mass is 9.90. The summed E-state index contributed by atoms with van der Waals surface area (Å²) in [6, 6.07) is 3.86. The van der Waals surface area contributed by atoms with Gasteiger partial charge in [0.25, 0.3) is 0 Å². The summed E-state index contributed by atoms with van der Waals surface area (Å²) in [6.07, 6.45) is 7.26. The lowest BCUT2D eigenvalue weighted by Gasteiger charge is -2.38. The minimum Gasteiger partial charge on any atom is -0.371 e. The summed E-state index contributed by atoms with van der Waals surface area (Å²) < 4.78 is 36.9. The molecule has 0 amide bonds. The van der Waals surface area contributed by atoms with Crippen LogP contribution in [-0.4, -0.2) is 55.4 Å². The topological polar surface area (TPSA) is 68.7 Å². The summed E-state index contributed by atoms with van der Waals surface area (Å²) >= 11 is 0. The third kappa shape index (κ3) is 3.65. The van der Waals surface area contributed by atoms with Crippen LogP contribution in [0.3, 0.4) is 0 Å². The van der Waals surface area contributed by atoms with Crippen LogP contribution in [0.2, 0.25) is 0 Å². The molecule has 22 heavy (non-hydrogen) atoms. The molecule has 2 aliphatic heterocycles. The summed E-state index contributed by atoms with van der Waals surface area (Å²) in [5.74, 6) is 0. The maximum atomic E-state index is 11.8. The van der Waals surface area contributed by atoms with Crippen molar-refractivity contribution in [3.05, 3.63) is 30.1 Å². The number of hydrogen-bond donors (Lipinski definition) is 0. The van der Waals surface area contributed by atoms with Crippen molar-refractivity contribution in [3.63, 3.8) is 0 Å². The molecule has 2 aliphatic rings. The fourth-order valence-electron chi connectivity index (χ4n) is 3.23. The van der Waals surface area contributed by atoms with Crippen LogP contribution in [0.15, 0.2) is 24.5 Å². The zero-order chi connectivity index (χ0) is 15.6. The van der Waals surface area contributed by atoms with Crippen LogP contribution < -0.4 is 0 Å². The molecule has 1 spiro atoms. The molecule has 0 N–H and O–H groups in total. The molecule has 122 valence electrons. The van der Waals surface area contributed by atoms with E-state index < -0.39 is 10.0 Å². The van der Waals surface area contributed by atoms with Crippen molar-refractivity contribution >= 4 is 10.0 Å². The fourth-order valence-corrected chi connectivity index (χ4v) is 4.16. The molecule has 0 radical (unpaired) electrons. The summed E-state index contributed by atoms with van der Waals surface area (Å²) in [5.41, 5.74) is 0.710. The number of nitrogens with zero attached hydrogens (tertiary/aromatic N) is 2. The third-order valence-corrected chi connectivity index (χ3v) is 5.63. The first-order valence-corrected chi connectivity index (χ1v) is 9.41. The summed E-state index contributed by atoms with van der Waals surface area (Å²) in [4.78, 5) is 3.98. The fraction of sp³-hybridized carbons (Fsp3) is 0.667. The average molecular weight is 326 g/mol. The Morgan fingerprint density at radius 1 is 1.45 bits per heavy atom. The van der Waals surface area contributed by atoms with Gasteiger partial charge in [-0.1, -0.05) is 0 Å². The Bertz CT molecular complexity index is 607. The van der Waals surface area contributed by atoms with Gasteiger partial charge in [-0.3, -0.25) is 4.98 Å². The number of ether oxygens (including phenoxy) is 2. The lowest BCUT2D eigenvalue weighted by Crippen LogP contribution is -2.49. The molecule has 2 atom stereocenters. The molecule has 3 rings (SSSR count). The van der Waals surface area contributed by atoms with Crippen molar-refractivity contribution in [2.24, 2.45) is 0 Å². The first-order valence-electron chi connectivity index (χ1n) is 7.56. The van der Waals surface area contributed by atoms with Crippen LogP contribution in [0, 0.1) is 0 Å². The van der Waals surface area contributed by atoms with Crippen LogP contribution in [0.25, 0.3) is 0 Å². The van der Waals surface area contributed by atoms with Crippen LogP contribution in [-0.2, 0) is 26.1 Å². The predicted molar refractivity (Wildman–Crippen MR) is 81.8 cm³/mol. The molecule has 3 heterocycles. The van der Waals surface area contributed by atoms with Crippen molar-refractivity contribution in [2.45, 2.75) is 37.6 Å². The SMILES string of the molecule is CS(=O)(=O)N1CCC[C@]2(C[C@@H](OCc3ccncc3)CO2)C1. The van der Waals surface area contributed by atoms with Gasteiger partial charge in [0.2, 0.25) is 10.0 Å². The summed E-state index contributed by atoms with van der Waals surface area (Å²) in [5, 5.41) is 0. The van der Waals surface area contributed by atoms with Crippen LogP contribution in [0.1, 0.15) is 24.8 Å². The van der Waals surface area contributed by atoms with Gasteiger partial charge in [-0.05, 0) is 30.5 Å². The minimum atomic E-state index is -3.16. The van der Waals surface area contributed by atoms with Crippen molar-refractivity contribution in [1.29, 1.82) is 0 Å². The van der Waals surface area contributed by atoms with Gasteiger partial charge in [-0.15, -0.1) is 0 Å². The minimum absolute atomic E-state index is 0.0210. The second-order valence-corrected chi connectivity index (χ2v) is 8.17. The monoisotopic (exact) mass is 326 g/mol. The van der Waals surface area contributed by atoms with E-state index in [0.717, 1.165) is 24.8 Å². The quantitative estimate of drug-likeness (QED) is 0.831. The lowest BCUT2D eigenvalue weighted by molar-refractivity contribution is -0.0358. The van der Waals surface area contributed by atoms with Gasteiger partial charge >= 0.3 is 0 Å². The van der Waals surface area contributed by atoms with E-state index in [1.54, 1.807) is 12.4 Å². The van der Waals surface area contributed by atoms with E-state index in [4.69, 9.17) is 9.47 Å². The molecule has 0 unspecified atom stereocenters. The molecular formula is C15H22N2O4S. The molecule has 1 aromatic rings. The normalized spacial score (nSPS) is 30.0. The second kappa shape index (κ2) is 6.23. The first-order chi connectivity index (χ1) is 10.5. The van der Waals surface area contributed by atoms with Gasteiger partial charge in [0.05, 0.1) is 31.2 Å². The number of hydrogen-bond acceptors (Lipinski definition) is 5. The van der Waals surface area contributed by atoms with Gasteiger partial charge in [-0.25, -0.2) is 8.42 Å². The molecule has 1 aromatic heterocycles. The van der Waals surface area contributed by atoms with Crippen LogP contribution in [0.4, 0.5) is 0 Å². The van der Waals surface area contributed by atoms with Crippen LogP contribution in [0.5, 0.6) is 0 Å². The summed E-state index contributed by atoms with van der Waals surface area (Å²) in [6.45, 7) is 2.10. The predicted octanol–water partition coefficient (Wildman–Crippen LogP) is 1.18. The number of aromatic nitrogens is 1. The van der Waals surface area contributed by atoms with Crippen molar-refractivity contribution in [3.8, 4) is 0 Å². The standard InChI is InChI=1S/C15H22N2O4S/c1-22(18,19)17-8-2-5-15(12-17)9-14(11-21-15)20-10-13-3-6-16-7-4-13/h3-4,6-7,14H,2,5,8-12H2,1H3/t14-,15+/m1/s1. The molecule has 0 aliphatic carbocycles. The highest BCUT2D eigenvalue weighted by Crippen LogP contribution is 2.36. The van der Waals surface area contributed by atoms with Gasteiger partial charge in [0.1, 0.15) is 0 Å². The molecule has 7 heteroatoms. The van der Waals surface area contributed by atoms with E-state index in [1.807, 2.05) is 12.1 Å². The maximum Gasteiger partial charge on any atom is 0.211 e. The average Bonchev–Trinajstić information content (AvgIpc) is 2.88. The highest BCUT2D eigenvalue weighted by molar-refractivity contribution is 7.88. The van der Waals surface area contributed by atoms with Crippen molar-refractivity contribution in [2.75, 3.05) is 26.0 Å². The van der Waals surface area contributed by atoms with Crippen LogP contribution >= 0.6 is 0 Å². The summed E-state index contributed by atoms with van der Waals surface area (Å²) in [7, 11) is -3.16. The Morgan fingerprint density at radius 3 is 2.95 bits per heavy atom. The van der Waals surface area contributed by atoms with Gasteiger partial charge in [-0.2, -0.15) is 4.31 Å². The number of piperidine rings is 1. The van der Waals surface area contributed by atoms with Gasteiger partial charge in [0, 0.05) is 31.9 Å². The Kier molecular flexibility index (Phi) is 4.49. The third-order valence-electron chi connectivity index (χ3n) is 4.38. The Hall–Kier alpha value is -1.02. The van der Waals surface area contributed by atoms with E-state index in [1.165, 1.54) is 10.6 Å².